The Labute approximate surface area is 112 Å². The average Bonchev–Trinajstić information content (AvgIpc) is 2.89. The summed E-state index contributed by atoms with van der Waals surface area (Å²) in [6.45, 7) is -0.406. The van der Waals surface area contributed by atoms with Gasteiger partial charge in [-0.3, -0.25) is 4.79 Å². The standard InChI is InChI=1S/C10H5F5N4O2/c11-5-4(6(12)8(14)9(15)7(5)13)10-16-17-18-19(10)2-1-3(20)21/h1-2H2,(H,20,21). The molecule has 2 rings (SSSR count). The summed E-state index contributed by atoms with van der Waals surface area (Å²) in [6.07, 6.45) is -0.507. The number of halogens is 5. The van der Waals surface area contributed by atoms with Crippen molar-refractivity contribution in [2.45, 2.75) is 13.0 Å². The van der Waals surface area contributed by atoms with E-state index in [0.29, 0.717) is 4.68 Å². The van der Waals surface area contributed by atoms with Crippen LogP contribution in [-0.2, 0) is 11.3 Å². The second kappa shape index (κ2) is 5.42. The van der Waals surface area contributed by atoms with Crippen molar-refractivity contribution in [1.29, 1.82) is 0 Å². The number of tetrazole rings is 1. The fourth-order valence-electron chi connectivity index (χ4n) is 1.54. The monoisotopic (exact) mass is 308 g/mol. The maximum absolute atomic E-state index is 13.6. The van der Waals surface area contributed by atoms with Crippen LogP contribution in [0, 0.1) is 29.1 Å². The summed E-state index contributed by atoms with van der Waals surface area (Å²) in [4.78, 5) is 10.4. The molecule has 0 radical (unpaired) electrons. The van der Waals surface area contributed by atoms with E-state index in [1.54, 1.807) is 0 Å². The fraction of sp³-hybridized carbons (Fsp3) is 0.200. The highest BCUT2D eigenvalue weighted by molar-refractivity contribution is 5.66. The Morgan fingerprint density at radius 2 is 1.52 bits per heavy atom. The van der Waals surface area contributed by atoms with Crippen LogP contribution in [-0.4, -0.2) is 31.3 Å². The molecule has 0 amide bonds. The smallest absolute Gasteiger partial charge is 0.305 e. The van der Waals surface area contributed by atoms with Gasteiger partial charge >= 0.3 is 5.97 Å². The van der Waals surface area contributed by atoms with Gasteiger partial charge in [-0.2, -0.15) is 0 Å². The molecule has 1 aromatic carbocycles. The van der Waals surface area contributed by atoms with E-state index < -0.39 is 59.4 Å². The quantitative estimate of drug-likeness (QED) is 0.526. The van der Waals surface area contributed by atoms with Crippen molar-refractivity contribution < 1.29 is 31.9 Å². The molecule has 1 N–H and O–H groups in total. The van der Waals surface area contributed by atoms with Crippen LogP contribution in [0.25, 0.3) is 11.4 Å². The number of carboxylic acids is 1. The molecule has 0 fully saturated rings. The van der Waals surface area contributed by atoms with Gasteiger partial charge in [-0.25, -0.2) is 26.6 Å². The number of hydrogen-bond donors (Lipinski definition) is 1. The summed E-state index contributed by atoms with van der Waals surface area (Å²) >= 11 is 0. The van der Waals surface area contributed by atoms with Crippen molar-refractivity contribution in [3.63, 3.8) is 0 Å². The van der Waals surface area contributed by atoms with Crippen molar-refractivity contribution in [3.05, 3.63) is 29.1 Å². The lowest BCUT2D eigenvalue weighted by Gasteiger charge is -2.08. The molecule has 0 spiro atoms. The zero-order valence-electron chi connectivity index (χ0n) is 9.95. The van der Waals surface area contributed by atoms with Crippen LogP contribution in [0.5, 0.6) is 0 Å². The van der Waals surface area contributed by atoms with Crippen LogP contribution < -0.4 is 0 Å². The van der Waals surface area contributed by atoms with E-state index >= 15 is 0 Å². The third kappa shape index (κ3) is 2.53. The lowest BCUT2D eigenvalue weighted by molar-refractivity contribution is -0.137. The Morgan fingerprint density at radius 3 is 2.05 bits per heavy atom. The van der Waals surface area contributed by atoms with Crippen molar-refractivity contribution >= 4 is 5.97 Å². The molecule has 112 valence electrons. The van der Waals surface area contributed by atoms with Gasteiger partial charge in [0.1, 0.15) is 0 Å². The van der Waals surface area contributed by atoms with Crippen LogP contribution in [0.15, 0.2) is 0 Å². The number of nitrogens with zero attached hydrogens (tertiary/aromatic N) is 4. The molecule has 0 atom stereocenters. The first-order chi connectivity index (χ1) is 9.84. The van der Waals surface area contributed by atoms with Crippen molar-refractivity contribution in [2.24, 2.45) is 0 Å². The SMILES string of the molecule is O=C(O)CCn1nnnc1-c1c(F)c(F)c(F)c(F)c1F. The topological polar surface area (TPSA) is 80.9 Å². The Bertz CT molecular complexity index is 689. The van der Waals surface area contributed by atoms with E-state index in [-0.39, 0.29) is 0 Å². The van der Waals surface area contributed by atoms with E-state index in [0.717, 1.165) is 0 Å². The molecule has 0 aliphatic rings. The lowest BCUT2D eigenvalue weighted by Crippen LogP contribution is -2.11. The lowest BCUT2D eigenvalue weighted by atomic mass is 10.1. The normalized spacial score (nSPS) is 10.9. The first-order valence-corrected chi connectivity index (χ1v) is 5.34. The van der Waals surface area contributed by atoms with E-state index in [1.807, 2.05) is 0 Å². The summed E-state index contributed by atoms with van der Waals surface area (Å²) in [5.74, 6) is -12.8. The number of aliphatic carboxylic acids is 1. The molecule has 21 heavy (non-hydrogen) atoms. The minimum atomic E-state index is -2.31. The van der Waals surface area contributed by atoms with Crippen LogP contribution >= 0.6 is 0 Å². The molecule has 0 unspecified atom stereocenters. The van der Waals surface area contributed by atoms with Crippen LogP contribution in [0.1, 0.15) is 6.42 Å². The summed E-state index contributed by atoms with van der Waals surface area (Å²) in [7, 11) is 0. The Balaban J connectivity index is 2.58. The molecule has 2 aromatic rings. The molecule has 0 saturated carbocycles. The number of aromatic nitrogens is 4. The summed E-state index contributed by atoms with van der Waals surface area (Å²) in [5.41, 5.74) is -1.32. The van der Waals surface area contributed by atoms with Gasteiger partial charge in [-0.05, 0) is 10.4 Å². The molecule has 0 aliphatic carbocycles. The van der Waals surface area contributed by atoms with Gasteiger partial charge in [-0.15, -0.1) is 5.10 Å². The second-order valence-corrected chi connectivity index (χ2v) is 3.81. The minimum Gasteiger partial charge on any atom is -0.481 e. The number of aryl methyl sites for hydroxylation is 1. The van der Waals surface area contributed by atoms with Gasteiger partial charge < -0.3 is 5.11 Å². The third-order valence-electron chi connectivity index (χ3n) is 2.50. The predicted molar refractivity (Wildman–Crippen MR) is 55.3 cm³/mol. The molecule has 0 aliphatic heterocycles. The number of benzene rings is 1. The highest BCUT2D eigenvalue weighted by Crippen LogP contribution is 2.29. The zero-order valence-corrected chi connectivity index (χ0v) is 9.95. The second-order valence-electron chi connectivity index (χ2n) is 3.81. The van der Waals surface area contributed by atoms with E-state index in [1.165, 1.54) is 0 Å². The molecule has 0 bridgehead atoms. The minimum absolute atomic E-state index is 0.406. The van der Waals surface area contributed by atoms with E-state index in [2.05, 4.69) is 15.5 Å². The van der Waals surface area contributed by atoms with E-state index in [4.69, 9.17) is 5.11 Å². The van der Waals surface area contributed by atoms with Crippen molar-refractivity contribution in [2.75, 3.05) is 0 Å². The predicted octanol–water partition coefficient (Wildman–Crippen LogP) is 1.51. The van der Waals surface area contributed by atoms with Gasteiger partial charge in [0, 0.05) is 0 Å². The Hall–Kier alpha value is -2.59. The maximum Gasteiger partial charge on any atom is 0.305 e. The first-order valence-electron chi connectivity index (χ1n) is 5.34. The van der Waals surface area contributed by atoms with Gasteiger partial charge in [0.2, 0.25) is 5.82 Å². The largest absolute Gasteiger partial charge is 0.481 e. The molecule has 0 saturated heterocycles. The first kappa shape index (κ1) is 14.8. The zero-order chi connectivity index (χ0) is 15.7. The molecule has 11 heteroatoms. The van der Waals surface area contributed by atoms with Crippen LogP contribution in [0.2, 0.25) is 0 Å². The number of carbonyl (C=O) groups is 1. The van der Waals surface area contributed by atoms with Crippen molar-refractivity contribution in [1.82, 2.24) is 20.2 Å². The highest BCUT2D eigenvalue weighted by atomic mass is 19.2. The molecule has 1 aromatic heterocycles. The summed E-state index contributed by atoms with van der Waals surface area (Å²) in [5, 5.41) is 18.0. The third-order valence-corrected chi connectivity index (χ3v) is 2.50. The van der Waals surface area contributed by atoms with Crippen LogP contribution in [0.3, 0.4) is 0 Å². The van der Waals surface area contributed by atoms with Gasteiger partial charge in [0.25, 0.3) is 0 Å². The molecular formula is C10H5F5N4O2. The number of carboxylic acid groups (broad SMARTS) is 1. The van der Waals surface area contributed by atoms with Gasteiger partial charge in [0.05, 0.1) is 18.5 Å². The summed E-state index contributed by atoms with van der Waals surface area (Å²) < 4.78 is 67.0. The van der Waals surface area contributed by atoms with Gasteiger partial charge in [-0.1, -0.05) is 0 Å². The van der Waals surface area contributed by atoms with E-state index in [9.17, 15) is 26.7 Å². The molecule has 6 nitrogen and oxygen atoms in total. The molecular weight excluding hydrogens is 303 g/mol. The molecule has 1 heterocycles. The Kier molecular flexibility index (Phi) is 3.82. The fourth-order valence-corrected chi connectivity index (χ4v) is 1.54. The maximum atomic E-state index is 13.6. The van der Waals surface area contributed by atoms with Crippen LogP contribution in [0.4, 0.5) is 22.0 Å². The number of rotatable bonds is 4. The van der Waals surface area contributed by atoms with Gasteiger partial charge in [0.15, 0.2) is 29.1 Å². The number of hydrogen-bond acceptors (Lipinski definition) is 4. The average molecular weight is 308 g/mol. The highest BCUT2D eigenvalue weighted by Gasteiger charge is 2.29. The Morgan fingerprint density at radius 1 is 1.00 bits per heavy atom. The van der Waals surface area contributed by atoms with Crippen molar-refractivity contribution in [3.8, 4) is 11.4 Å². The summed E-state index contributed by atoms with van der Waals surface area (Å²) in [6, 6.07) is 0.